The number of phenols is 1. The Hall–Kier alpha value is -3.75. The van der Waals surface area contributed by atoms with E-state index in [1.165, 1.54) is 6.33 Å². The number of hydrogen-bond donors (Lipinski definition) is 2. The van der Waals surface area contributed by atoms with Crippen molar-refractivity contribution in [1.29, 1.82) is 0 Å². The van der Waals surface area contributed by atoms with Gasteiger partial charge in [0.15, 0.2) is 5.82 Å². The van der Waals surface area contributed by atoms with Gasteiger partial charge in [0.05, 0.1) is 11.4 Å². The first kappa shape index (κ1) is 17.7. The van der Waals surface area contributed by atoms with Gasteiger partial charge in [0.25, 0.3) is 5.91 Å². The van der Waals surface area contributed by atoms with E-state index in [1.54, 1.807) is 35.4 Å². The highest BCUT2D eigenvalue weighted by Crippen LogP contribution is 2.31. The average molecular weight is 377 g/mol. The SMILES string of the molecule is Nc1nnc(-c2ccccc2O)cc1N1CCN(C(=O)c2ccncn2)CC1. The number of aromatic hydroxyl groups is 1. The van der Waals surface area contributed by atoms with E-state index in [1.807, 2.05) is 12.1 Å². The Morgan fingerprint density at radius 3 is 2.57 bits per heavy atom. The van der Waals surface area contributed by atoms with Gasteiger partial charge in [-0.05, 0) is 24.3 Å². The van der Waals surface area contributed by atoms with Gasteiger partial charge in [0, 0.05) is 37.9 Å². The maximum atomic E-state index is 12.5. The van der Waals surface area contributed by atoms with Crippen molar-refractivity contribution in [3.8, 4) is 17.0 Å². The van der Waals surface area contributed by atoms with Gasteiger partial charge in [-0.3, -0.25) is 4.79 Å². The van der Waals surface area contributed by atoms with Crippen molar-refractivity contribution in [3.63, 3.8) is 0 Å². The molecule has 3 heterocycles. The summed E-state index contributed by atoms with van der Waals surface area (Å²) in [7, 11) is 0. The van der Waals surface area contributed by atoms with Crippen LogP contribution in [0.5, 0.6) is 5.75 Å². The van der Waals surface area contributed by atoms with Gasteiger partial charge in [-0.15, -0.1) is 10.2 Å². The summed E-state index contributed by atoms with van der Waals surface area (Å²) >= 11 is 0. The Morgan fingerprint density at radius 1 is 1.07 bits per heavy atom. The molecule has 4 rings (SSSR count). The van der Waals surface area contributed by atoms with Gasteiger partial charge in [-0.2, -0.15) is 0 Å². The van der Waals surface area contributed by atoms with E-state index in [2.05, 4.69) is 25.1 Å². The zero-order chi connectivity index (χ0) is 19.5. The quantitative estimate of drug-likeness (QED) is 0.698. The molecule has 9 nitrogen and oxygen atoms in total. The smallest absolute Gasteiger partial charge is 0.272 e. The molecule has 0 spiro atoms. The first-order valence-corrected chi connectivity index (χ1v) is 8.85. The molecule has 0 saturated carbocycles. The predicted octanol–water partition coefficient (Wildman–Crippen LogP) is 1.18. The molecule has 1 aliphatic rings. The first-order valence-electron chi connectivity index (χ1n) is 8.85. The third kappa shape index (κ3) is 3.41. The molecule has 9 heteroatoms. The lowest BCUT2D eigenvalue weighted by atomic mass is 10.1. The van der Waals surface area contributed by atoms with Crippen LogP contribution in [0, 0.1) is 0 Å². The molecule has 1 aliphatic heterocycles. The molecule has 0 radical (unpaired) electrons. The number of piperazine rings is 1. The lowest BCUT2D eigenvalue weighted by molar-refractivity contribution is 0.0740. The second kappa shape index (κ2) is 7.47. The molecule has 1 aromatic carbocycles. The Morgan fingerprint density at radius 2 is 1.86 bits per heavy atom. The number of aromatic nitrogens is 4. The maximum absolute atomic E-state index is 12.5. The fourth-order valence-corrected chi connectivity index (χ4v) is 3.20. The number of carbonyl (C=O) groups excluding carboxylic acids is 1. The third-order valence-electron chi connectivity index (χ3n) is 4.69. The highest BCUT2D eigenvalue weighted by atomic mass is 16.3. The van der Waals surface area contributed by atoms with Crippen LogP contribution >= 0.6 is 0 Å². The largest absolute Gasteiger partial charge is 0.507 e. The van der Waals surface area contributed by atoms with E-state index >= 15 is 0 Å². The van der Waals surface area contributed by atoms with E-state index in [9.17, 15) is 9.90 Å². The number of rotatable bonds is 3. The molecule has 0 aliphatic carbocycles. The fraction of sp³-hybridized carbons (Fsp3) is 0.211. The van der Waals surface area contributed by atoms with Crippen molar-refractivity contribution in [2.24, 2.45) is 0 Å². The van der Waals surface area contributed by atoms with Crippen molar-refractivity contribution < 1.29 is 9.90 Å². The monoisotopic (exact) mass is 377 g/mol. The van der Waals surface area contributed by atoms with Gasteiger partial charge < -0.3 is 20.6 Å². The zero-order valence-electron chi connectivity index (χ0n) is 15.1. The van der Waals surface area contributed by atoms with Gasteiger partial charge in [-0.25, -0.2) is 9.97 Å². The molecule has 28 heavy (non-hydrogen) atoms. The fourth-order valence-electron chi connectivity index (χ4n) is 3.20. The van der Waals surface area contributed by atoms with Crippen LogP contribution in [0.2, 0.25) is 0 Å². The average Bonchev–Trinajstić information content (AvgIpc) is 2.75. The third-order valence-corrected chi connectivity index (χ3v) is 4.69. The molecule has 0 atom stereocenters. The van der Waals surface area contributed by atoms with E-state index in [-0.39, 0.29) is 11.7 Å². The van der Waals surface area contributed by atoms with E-state index in [0.717, 1.165) is 5.69 Å². The number of carbonyl (C=O) groups is 1. The van der Waals surface area contributed by atoms with Crippen molar-refractivity contribution >= 4 is 17.4 Å². The summed E-state index contributed by atoms with van der Waals surface area (Å²) in [6.45, 7) is 2.28. The van der Waals surface area contributed by atoms with E-state index in [4.69, 9.17) is 5.73 Å². The van der Waals surface area contributed by atoms with Crippen molar-refractivity contribution in [1.82, 2.24) is 25.1 Å². The summed E-state index contributed by atoms with van der Waals surface area (Å²) in [6, 6.07) is 10.4. The molecule has 1 fully saturated rings. The van der Waals surface area contributed by atoms with E-state index in [0.29, 0.717) is 48.9 Å². The highest BCUT2D eigenvalue weighted by molar-refractivity contribution is 5.92. The standard InChI is InChI=1S/C19H19N7O2/c20-18-16(11-15(23-24-18)13-3-1-2-4-17(13)27)25-7-9-26(10-8-25)19(28)14-5-6-21-12-22-14/h1-6,11-12,27H,7-10H2,(H2,20,24). The Labute approximate surface area is 161 Å². The first-order chi connectivity index (χ1) is 13.6. The van der Waals surface area contributed by atoms with Crippen LogP contribution in [0.1, 0.15) is 10.5 Å². The topological polar surface area (TPSA) is 121 Å². The van der Waals surface area contributed by atoms with Crippen molar-refractivity contribution in [2.45, 2.75) is 0 Å². The van der Waals surface area contributed by atoms with Crippen LogP contribution in [0.25, 0.3) is 11.3 Å². The van der Waals surface area contributed by atoms with Crippen LogP contribution in [0.15, 0.2) is 48.9 Å². The Bertz CT molecular complexity index is 989. The minimum atomic E-state index is -0.113. The molecule has 0 bridgehead atoms. The molecule has 0 unspecified atom stereocenters. The Kier molecular flexibility index (Phi) is 4.71. The van der Waals surface area contributed by atoms with Crippen molar-refractivity contribution in [2.75, 3.05) is 36.8 Å². The van der Waals surface area contributed by atoms with Crippen LogP contribution in [-0.2, 0) is 0 Å². The maximum Gasteiger partial charge on any atom is 0.272 e. The Balaban J connectivity index is 1.51. The summed E-state index contributed by atoms with van der Waals surface area (Å²) in [5, 5.41) is 18.2. The molecule has 142 valence electrons. The summed E-state index contributed by atoms with van der Waals surface area (Å²) in [5.41, 5.74) is 8.30. The normalized spacial score (nSPS) is 14.1. The van der Waals surface area contributed by atoms with Crippen LogP contribution < -0.4 is 10.6 Å². The molecule has 1 amide bonds. The molecular weight excluding hydrogens is 358 g/mol. The van der Waals surface area contributed by atoms with Crippen LogP contribution in [0.4, 0.5) is 11.5 Å². The summed E-state index contributed by atoms with van der Waals surface area (Å²) in [6.07, 6.45) is 2.92. The molecule has 2 aromatic heterocycles. The second-order valence-electron chi connectivity index (χ2n) is 6.39. The second-order valence-corrected chi connectivity index (χ2v) is 6.39. The number of nitrogen functional groups attached to an aromatic ring is 1. The van der Waals surface area contributed by atoms with Gasteiger partial charge in [-0.1, -0.05) is 12.1 Å². The number of hydrogen-bond acceptors (Lipinski definition) is 8. The molecule has 3 N–H and O–H groups in total. The van der Waals surface area contributed by atoms with Gasteiger partial charge in [0.2, 0.25) is 0 Å². The number of nitrogens with two attached hydrogens (primary N) is 1. The predicted molar refractivity (Wildman–Crippen MR) is 104 cm³/mol. The van der Waals surface area contributed by atoms with Crippen molar-refractivity contribution in [3.05, 3.63) is 54.6 Å². The lowest BCUT2D eigenvalue weighted by Crippen LogP contribution is -2.49. The minimum absolute atomic E-state index is 0.113. The summed E-state index contributed by atoms with van der Waals surface area (Å²) in [5.74, 6) is 0.334. The molecule has 1 saturated heterocycles. The number of para-hydroxylation sites is 1. The highest BCUT2D eigenvalue weighted by Gasteiger charge is 2.25. The number of benzene rings is 1. The minimum Gasteiger partial charge on any atom is -0.507 e. The van der Waals surface area contributed by atoms with Crippen LogP contribution in [-0.4, -0.2) is 62.3 Å². The van der Waals surface area contributed by atoms with E-state index < -0.39 is 0 Å². The molecule has 3 aromatic rings. The molecular formula is C19H19N7O2. The lowest BCUT2D eigenvalue weighted by Gasteiger charge is -2.36. The summed E-state index contributed by atoms with van der Waals surface area (Å²) in [4.78, 5) is 24.2. The number of nitrogens with zero attached hydrogens (tertiary/aromatic N) is 6. The van der Waals surface area contributed by atoms with Gasteiger partial charge >= 0.3 is 0 Å². The number of phenolic OH excluding ortho intramolecular Hbond substituents is 1. The zero-order valence-corrected chi connectivity index (χ0v) is 15.1. The summed E-state index contributed by atoms with van der Waals surface area (Å²) < 4.78 is 0. The van der Waals surface area contributed by atoms with Gasteiger partial charge in [0.1, 0.15) is 17.8 Å². The van der Waals surface area contributed by atoms with Crippen LogP contribution in [0.3, 0.4) is 0 Å². The number of anilines is 2. The number of amides is 1.